The van der Waals surface area contributed by atoms with E-state index in [1.807, 2.05) is 0 Å². The summed E-state index contributed by atoms with van der Waals surface area (Å²) in [5.74, 6) is 2.69. The van der Waals surface area contributed by atoms with Gasteiger partial charge in [0, 0.05) is 31.5 Å². The molecule has 2 N–H and O–H groups in total. The minimum absolute atomic E-state index is 0.0663. The summed E-state index contributed by atoms with van der Waals surface area (Å²) in [5, 5.41) is 5.89. The molecule has 26 heavy (non-hydrogen) atoms. The lowest BCUT2D eigenvalue weighted by molar-refractivity contribution is 0.0785. The van der Waals surface area contributed by atoms with Crippen molar-refractivity contribution in [3.8, 4) is 12.3 Å². The van der Waals surface area contributed by atoms with Crippen molar-refractivity contribution < 1.29 is 9.59 Å². The molecule has 2 aromatic heterocycles. The fraction of sp³-hybridized carbons (Fsp3) is 0.263. The Morgan fingerprint density at radius 3 is 2.85 bits per heavy atom. The van der Waals surface area contributed by atoms with Gasteiger partial charge in [-0.15, -0.1) is 6.42 Å². The summed E-state index contributed by atoms with van der Waals surface area (Å²) >= 11 is 0. The van der Waals surface area contributed by atoms with E-state index in [4.69, 9.17) is 6.42 Å². The number of carbonyl (C=O) groups excluding carboxylic acids is 2. The zero-order valence-electron chi connectivity index (χ0n) is 14.2. The molecular formula is C19H19N5O2. The Morgan fingerprint density at radius 1 is 1.27 bits per heavy atom. The third-order valence-corrected chi connectivity index (χ3v) is 4.09. The number of nitrogens with zero attached hydrogens (tertiary/aromatic N) is 3. The van der Waals surface area contributed by atoms with Gasteiger partial charge in [0.15, 0.2) is 0 Å². The van der Waals surface area contributed by atoms with Gasteiger partial charge in [-0.2, -0.15) is 0 Å². The number of hydrogen-bond donors (Lipinski definition) is 2. The molecule has 1 saturated heterocycles. The lowest BCUT2D eigenvalue weighted by Crippen LogP contribution is -2.32. The summed E-state index contributed by atoms with van der Waals surface area (Å²) in [5.41, 5.74) is 0.901. The standard InChI is InChI=1S/C19H19N5O2/c1-2-9-21-18(25)14-6-7-17(22-12-14)23-15-8-11-24(13-15)19(26)16-5-3-4-10-20-16/h1,3-7,10,12,15H,8-9,11,13H2,(H,21,25)(H,22,23). The Morgan fingerprint density at radius 2 is 2.15 bits per heavy atom. The summed E-state index contributed by atoms with van der Waals surface area (Å²) in [4.78, 5) is 34.4. The second kappa shape index (κ2) is 8.12. The van der Waals surface area contributed by atoms with Crippen LogP contribution in [-0.4, -0.2) is 52.4 Å². The van der Waals surface area contributed by atoms with Crippen molar-refractivity contribution in [3.63, 3.8) is 0 Å². The third kappa shape index (κ3) is 4.16. The van der Waals surface area contributed by atoms with Crippen LogP contribution in [0.2, 0.25) is 0 Å². The fourth-order valence-electron chi connectivity index (χ4n) is 2.77. The number of nitrogens with one attached hydrogen (secondary N) is 2. The van der Waals surface area contributed by atoms with Gasteiger partial charge in [-0.25, -0.2) is 4.98 Å². The molecular weight excluding hydrogens is 330 g/mol. The van der Waals surface area contributed by atoms with Crippen LogP contribution in [0.3, 0.4) is 0 Å². The van der Waals surface area contributed by atoms with E-state index in [2.05, 4.69) is 26.5 Å². The van der Waals surface area contributed by atoms with E-state index in [0.717, 1.165) is 6.42 Å². The predicted molar refractivity (Wildman–Crippen MR) is 97.6 cm³/mol. The first kappa shape index (κ1) is 17.4. The quantitative estimate of drug-likeness (QED) is 0.791. The van der Waals surface area contributed by atoms with Crippen LogP contribution in [0, 0.1) is 12.3 Å². The molecule has 132 valence electrons. The van der Waals surface area contributed by atoms with E-state index in [1.165, 1.54) is 6.20 Å². The molecule has 3 rings (SSSR count). The third-order valence-electron chi connectivity index (χ3n) is 4.09. The van der Waals surface area contributed by atoms with Crippen molar-refractivity contribution >= 4 is 17.6 Å². The van der Waals surface area contributed by atoms with E-state index in [-0.39, 0.29) is 24.4 Å². The molecule has 7 nitrogen and oxygen atoms in total. The first-order chi connectivity index (χ1) is 12.7. The van der Waals surface area contributed by atoms with Crippen molar-refractivity contribution in [1.82, 2.24) is 20.2 Å². The predicted octanol–water partition coefficient (Wildman–Crippen LogP) is 1.17. The maximum Gasteiger partial charge on any atom is 0.272 e. The lowest BCUT2D eigenvalue weighted by atomic mass is 10.2. The van der Waals surface area contributed by atoms with Gasteiger partial charge < -0.3 is 15.5 Å². The monoisotopic (exact) mass is 349 g/mol. The van der Waals surface area contributed by atoms with Gasteiger partial charge in [0.1, 0.15) is 11.5 Å². The van der Waals surface area contributed by atoms with Gasteiger partial charge in [0.25, 0.3) is 11.8 Å². The second-order valence-corrected chi connectivity index (χ2v) is 5.91. The first-order valence-corrected chi connectivity index (χ1v) is 8.32. The Hall–Kier alpha value is -3.40. The molecule has 1 atom stereocenters. The minimum atomic E-state index is -0.255. The number of likely N-dealkylation sites (tertiary alicyclic amines) is 1. The smallest absolute Gasteiger partial charge is 0.272 e. The molecule has 2 amide bonds. The molecule has 3 heterocycles. The average molecular weight is 349 g/mol. The van der Waals surface area contributed by atoms with Crippen molar-refractivity contribution in [2.24, 2.45) is 0 Å². The largest absolute Gasteiger partial charge is 0.365 e. The summed E-state index contributed by atoms with van der Waals surface area (Å²) in [6, 6.07) is 8.84. The van der Waals surface area contributed by atoms with Gasteiger partial charge in [0.2, 0.25) is 0 Å². The van der Waals surface area contributed by atoms with Gasteiger partial charge in [0.05, 0.1) is 12.1 Å². The Balaban J connectivity index is 1.55. The van der Waals surface area contributed by atoms with Gasteiger partial charge >= 0.3 is 0 Å². The molecule has 2 aromatic rings. The molecule has 1 aliphatic rings. The average Bonchev–Trinajstić information content (AvgIpc) is 3.15. The van der Waals surface area contributed by atoms with Crippen LogP contribution in [0.25, 0.3) is 0 Å². The summed E-state index contributed by atoms with van der Waals surface area (Å²) < 4.78 is 0. The van der Waals surface area contributed by atoms with E-state index in [0.29, 0.717) is 30.2 Å². The highest BCUT2D eigenvalue weighted by molar-refractivity contribution is 5.94. The zero-order chi connectivity index (χ0) is 18.4. The Bertz CT molecular complexity index is 814. The molecule has 0 bridgehead atoms. The van der Waals surface area contributed by atoms with Gasteiger partial charge in [-0.3, -0.25) is 14.6 Å². The van der Waals surface area contributed by atoms with E-state index >= 15 is 0 Å². The van der Waals surface area contributed by atoms with Crippen LogP contribution in [0.5, 0.6) is 0 Å². The van der Waals surface area contributed by atoms with E-state index < -0.39 is 0 Å². The Labute approximate surface area is 151 Å². The number of terminal acetylenes is 1. The number of rotatable bonds is 5. The summed E-state index contributed by atoms with van der Waals surface area (Å²) in [7, 11) is 0. The fourth-order valence-corrected chi connectivity index (χ4v) is 2.77. The molecule has 1 unspecified atom stereocenters. The maximum absolute atomic E-state index is 12.4. The van der Waals surface area contributed by atoms with Crippen molar-refractivity contribution in [2.45, 2.75) is 12.5 Å². The molecule has 1 fully saturated rings. The maximum atomic E-state index is 12.4. The van der Waals surface area contributed by atoms with Crippen LogP contribution >= 0.6 is 0 Å². The zero-order valence-corrected chi connectivity index (χ0v) is 14.2. The molecule has 0 saturated carbocycles. The number of hydrogen-bond acceptors (Lipinski definition) is 5. The number of carbonyl (C=O) groups is 2. The SMILES string of the molecule is C#CCNC(=O)c1ccc(NC2CCN(C(=O)c3ccccn3)C2)nc1. The van der Waals surface area contributed by atoms with Crippen LogP contribution in [-0.2, 0) is 0 Å². The van der Waals surface area contributed by atoms with Crippen molar-refractivity contribution in [2.75, 3.05) is 25.0 Å². The molecule has 0 aliphatic carbocycles. The second-order valence-electron chi connectivity index (χ2n) is 5.91. The molecule has 0 spiro atoms. The molecule has 7 heteroatoms. The van der Waals surface area contributed by atoms with E-state index in [1.54, 1.807) is 41.4 Å². The highest BCUT2D eigenvalue weighted by atomic mass is 16.2. The highest BCUT2D eigenvalue weighted by Crippen LogP contribution is 2.16. The number of pyridine rings is 2. The minimum Gasteiger partial charge on any atom is -0.365 e. The molecule has 0 radical (unpaired) electrons. The van der Waals surface area contributed by atoms with Gasteiger partial charge in [-0.05, 0) is 30.7 Å². The topological polar surface area (TPSA) is 87.2 Å². The lowest BCUT2D eigenvalue weighted by Gasteiger charge is -2.17. The molecule has 1 aliphatic heterocycles. The van der Waals surface area contributed by atoms with Crippen LogP contribution < -0.4 is 10.6 Å². The molecule has 0 aromatic carbocycles. The van der Waals surface area contributed by atoms with Crippen molar-refractivity contribution in [3.05, 3.63) is 54.0 Å². The summed E-state index contributed by atoms with van der Waals surface area (Å²) in [6.45, 7) is 1.43. The van der Waals surface area contributed by atoms with Gasteiger partial charge in [-0.1, -0.05) is 12.0 Å². The van der Waals surface area contributed by atoms with Crippen LogP contribution in [0.1, 0.15) is 27.3 Å². The van der Waals surface area contributed by atoms with Crippen molar-refractivity contribution in [1.29, 1.82) is 0 Å². The Kier molecular flexibility index (Phi) is 5.44. The number of aromatic nitrogens is 2. The van der Waals surface area contributed by atoms with Crippen LogP contribution in [0.15, 0.2) is 42.7 Å². The first-order valence-electron chi connectivity index (χ1n) is 8.32. The number of anilines is 1. The normalized spacial score (nSPS) is 16.0. The van der Waals surface area contributed by atoms with E-state index in [9.17, 15) is 9.59 Å². The van der Waals surface area contributed by atoms with Crippen LogP contribution in [0.4, 0.5) is 5.82 Å². The summed E-state index contributed by atoms with van der Waals surface area (Å²) in [6.07, 6.45) is 9.06. The highest BCUT2D eigenvalue weighted by Gasteiger charge is 2.27. The number of amides is 2.